The van der Waals surface area contributed by atoms with E-state index in [1.807, 2.05) is 31.2 Å². The van der Waals surface area contributed by atoms with Gasteiger partial charge in [-0.15, -0.1) is 0 Å². The van der Waals surface area contributed by atoms with Gasteiger partial charge in [-0.3, -0.25) is 9.59 Å². The Bertz CT molecular complexity index is 778. The second-order valence-corrected chi connectivity index (χ2v) is 6.77. The molecule has 0 bridgehead atoms. The smallest absolute Gasteiger partial charge is 0.240 e. The molecule has 1 aromatic heterocycles. The van der Waals surface area contributed by atoms with Crippen molar-refractivity contribution >= 4 is 29.3 Å². The van der Waals surface area contributed by atoms with Gasteiger partial charge in [0, 0.05) is 19.3 Å². The Morgan fingerprint density at radius 1 is 1.33 bits per heavy atom. The lowest BCUT2D eigenvalue weighted by Gasteiger charge is -2.11. The SMILES string of the molecule is COCCNC(=O)Cn1c(CO)cnc1SCC(=O)Nc1cccc(C)c1. The largest absolute Gasteiger partial charge is 0.390 e. The van der Waals surface area contributed by atoms with Crippen LogP contribution < -0.4 is 10.6 Å². The third-order valence-corrected chi connectivity index (χ3v) is 4.62. The van der Waals surface area contributed by atoms with Gasteiger partial charge in [0.1, 0.15) is 6.54 Å². The fraction of sp³-hybridized carbons (Fsp3) is 0.389. The number of hydrogen-bond acceptors (Lipinski definition) is 6. The summed E-state index contributed by atoms with van der Waals surface area (Å²) in [5.41, 5.74) is 2.30. The number of benzene rings is 1. The van der Waals surface area contributed by atoms with E-state index in [1.54, 1.807) is 11.7 Å². The number of thioether (sulfide) groups is 1. The zero-order valence-electron chi connectivity index (χ0n) is 15.4. The van der Waals surface area contributed by atoms with E-state index < -0.39 is 0 Å². The van der Waals surface area contributed by atoms with Crippen LogP contribution in [0.2, 0.25) is 0 Å². The van der Waals surface area contributed by atoms with Crippen LogP contribution in [0, 0.1) is 6.92 Å². The molecule has 0 unspecified atom stereocenters. The molecule has 8 nitrogen and oxygen atoms in total. The van der Waals surface area contributed by atoms with Gasteiger partial charge in [-0.05, 0) is 24.6 Å². The molecule has 0 saturated carbocycles. The first-order chi connectivity index (χ1) is 13.0. The molecular weight excluding hydrogens is 368 g/mol. The summed E-state index contributed by atoms with van der Waals surface area (Å²) in [6, 6.07) is 7.54. The molecular formula is C18H24N4O4S. The molecule has 146 valence electrons. The van der Waals surface area contributed by atoms with Crippen molar-refractivity contribution in [2.75, 3.05) is 31.3 Å². The summed E-state index contributed by atoms with van der Waals surface area (Å²) < 4.78 is 6.50. The number of aromatic nitrogens is 2. The fourth-order valence-electron chi connectivity index (χ4n) is 2.34. The molecule has 3 N–H and O–H groups in total. The van der Waals surface area contributed by atoms with Gasteiger partial charge in [-0.2, -0.15) is 0 Å². The second kappa shape index (κ2) is 10.7. The summed E-state index contributed by atoms with van der Waals surface area (Å²) >= 11 is 1.21. The zero-order chi connectivity index (χ0) is 19.6. The summed E-state index contributed by atoms with van der Waals surface area (Å²) in [4.78, 5) is 28.4. The number of aliphatic hydroxyl groups is 1. The minimum atomic E-state index is -0.242. The third-order valence-electron chi connectivity index (χ3n) is 3.63. The van der Waals surface area contributed by atoms with Crippen LogP contribution in [0.25, 0.3) is 0 Å². The number of hydrogen-bond donors (Lipinski definition) is 3. The highest BCUT2D eigenvalue weighted by molar-refractivity contribution is 7.99. The first-order valence-corrected chi connectivity index (χ1v) is 9.42. The number of carbonyl (C=O) groups is 2. The third kappa shape index (κ3) is 6.70. The highest BCUT2D eigenvalue weighted by Gasteiger charge is 2.15. The van der Waals surface area contributed by atoms with Crippen LogP contribution in [0.5, 0.6) is 0 Å². The molecule has 1 heterocycles. The predicted octanol–water partition coefficient (Wildman–Crippen LogP) is 1.18. The van der Waals surface area contributed by atoms with E-state index in [9.17, 15) is 14.7 Å². The Labute approximate surface area is 162 Å². The summed E-state index contributed by atoms with van der Waals surface area (Å²) in [6.45, 7) is 2.55. The van der Waals surface area contributed by atoms with Gasteiger partial charge in [0.2, 0.25) is 11.8 Å². The van der Waals surface area contributed by atoms with Crippen molar-refractivity contribution in [1.29, 1.82) is 0 Å². The molecule has 2 rings (SSSR count). The van der Waals surface area contributed by atoms with E-state index in [1.165, 1.54) is 18.0 Å². The van der Waals surface area contributed by atoms with Crippen LogP contribution in [0.15, 0.2) is 35.6 Å². The van der Waals surface area contributed by atoms with Crippen LogP contribution in [-0.2, 0) is 27.5 Å². The highest BCUT2D eigenvalue weighted by Crippen LogP contribution is 2.19. The van der Waals surface area contributed by atoms with E-state index in [2.05, 4.69) is 15.6 Å². The number of ether oxygens (including phenoxy) is 1. The quantitative estimate of drug-likeness (QED) is 0.414. The number of rotatable bonds is 10. The number of nitrogens with zero attached hydrogens (tertiary/aromatic N) is 2. The Balaban J connectivity index is 1.94. The Morgan fingerprint density at radius 3 is 2.85 bits per heavy atom. The molecule has 1 aromatic carbocycles. The molecule has 2 aromatic rings. The molecule has 0 fully saturated rings. The van der Waals surface area contributed by atoms with Crippen molar-refractivity contribution < 1.29 is 19.4 Å². The zero-order valence-corrected chi connectivity index (χ0v) is 16.2. The van der Waals surface area contributed by atoms with Crippen molar-refractivity contribution in [3.63, 3.8) is 0 Å². The van der Waals surface area contributed by atoms with E-state index in [0.717, 1.165) is 11.3 Å². The number of anilines is 1. The molecule has 9 heteroatoms. The van der Waals surface area contributed by atoms with Crippen molar-refractivity contribution in [3.8, 4) is 0 Å². The topological polar surface area (TPSA) is 105 Å². The number of imidazole rings is 1. The van der Waals surface area contributed by atoms with Gasteiger partial charge >= 0.3 is 0 Å². The normalized spacial score (nSPS) is 10.6. The molecule has 0 aliphatic carbocycles. The van der Waals surface area contributed by atoms with E-state index in [-0.39, 0.29) is 30.7 Å². The molecule has 0 aliphatic rings. The van der Waals surface area contributed by atoms with Crippen LogP contribution in [0.3, 0.4) is 0 Å². The van der Waals surface area contributed by atoms with Gasteiger partial charge in [0.15, 0.2) is 5.16 Å². The Morgan fingerprint density at radius 2 is 2.15 bits per heavy atom. The number of aryl methyl sites for hydroxylation is 1. The molecule has 0 spiro atoms. The van der Waals surface area contributed by atoms with Gasteiger partial charge in [0.05, 0.1) is 30.9 Å². The molecule has 0 atom stereocenters. The lowest BCUT2D eigenvalue weighted by Crippen LogP contribution is -2.31. The first-order valence-electron chi connectivity index (χ1n) is 8.43. The lowest BCUT2D eigenvalue weighted by molar-refractivity contribution is -0.122. The maximum Gasteiger partial charge on any atom is 0.240 e. The summed E-state index contributed by atoms with van der Waals surface area (Å²) in [5, 5.41) is 15.5. The van der Waals surface area contributed by atoms with Crippen molar-refractivity contribution in [2.24, 2.45) is 0 Å². The van der Waals surface area contributed by atoms with Gasteiger partial charge < -0.3 is 25.0 Å². The lowest BCUT2D eigenvalue weighted by atomic mass is 10.2. The van der Waals surface area contributed by atoms with Crippen molar-refractivity contribution in [2.45, 2.75) is 25.2 Å². The number of nitrogens with one attached hydrogen (secondary N) is 2. The number of aliphatic hydroxyl groups excluding tert-OH is 1. The Kier molecular flexibility index (Phi) is 8.31. The molecule has 0 aliphatic heterocycles. The van der Waals surface area contributed by atoms with Gasteiger partial charge in [-0.1, -0.05) is 23.9 Å². The van der Waals surface area contributed by atoms with E-state index in [4.69, 9.17) is 4.74 Å². The molecule has 2 amide bonds. The van der Waals surface area contributed by atoms with Crippen LogP contribution in [-0.4, -0.2) is 52.5 Å². The minimum Gasteiger partial charge on any atom is -0.390 e. The molecule has 27 heavy (non-hydrogen) atoms. The summed E-state index contributed by atoms with van der Waals surface area (Å²) in [5.74, 6) is -0.248. The summed E-state index contributed by atoms with van der Waals surface area (Å²) in [6.07, 6.45) is 1.50. The summed E-state index contributed by atoms with van der Waals surface area (Å²) in [7, 11) is 1.56. The standard InChI is InChI=1S/C18H24N4O4S/c1-13-4-3-5-14(8-13)21-17(25)12-27-18-20-9-15(11-23)22(18)10-16(24)19-6-7-26-2/h3-5,8-9,23H,6-7,10-12H2,1-2H3,(H,19,24)(H,21,25). The maximum atomic E-state index is 12.2. The Hall–Kier alpha value is -2.36. The number of amides is 2. The van der Waals surface area contributed by atoms with Crippen LogP contribution in [0.4, 0.5) is 5.69 Å². The monoisotopic (exact) mass is 392 g/mol. The van der Waals surface area contributed by atoms with E-state index >= 15 is 0 Å². The van der Waals surface area contributed by atoms with E-state index in [0.29, 0.717) is 24.0 Å². The predicted molar refractivity (Wildman–Crippen MR) is 104 cm³/mol. The first kappa shape index (κ1) is 20.9. The maximum absolute atomic E-state index is 12.2. The second-order valence-electron chi connectivity index (χ2n) is 5.83. The van der Waals surface area contributed by atoms with Crippen molar-refractivity contribution in [3.05, 3.63) is 41.7 Å². The average Bonchev–Trinajstić information content (AvgIpc) is 3.02. The molecule has 0 radical (unpaired) electrons. The average molecular weight is 392 g/mol. The van der Waals surface area contributed by atoms with Crippen molar-refractivity contribution in [1.82, 2.24) is 14.9 Å². The van der Waals surface area contributed by atoms with Gasteiger partial charge in [-0.25, -0.2) is 4.98 Å². The number of carbonyl (C=O) groups excluding carboxylic acids is 2. The molecule has 0 saturated heterocycles. The van der Waals surface area contributed by atoms with Gasteiger partial charge in [0.25, 0.3) is 0 Å². The minimum absolute atomic E-state index is 0.0153. The number of methoxy groups -OCH3 is 1. The fourth-order valence-corrected chi connectivity index (χ4v) is 3.14. The van der Waals surface area contributed by atoms with Crippen LogP contribution in [0.1, 0.15) is 11.3 Å². The highest BCUT2D eigenvalue weighted by atomic mass is 32.2. The van der Waals surface area contributed by atoms with Crippen LogP contribution >= 0.6 is 11.8 Å².